The van der Waals surface area contributed by atoms with Gasteiger partial charge in [0.05, 0.1) is 5.01 Å². The van der Waals surface area contributed by atoms with Gasteiger partial charge in [-0.1, -0.05) is 12.8 Å². The van der Waals surface area contributed by atoms with Crippen LogP contribution in [0.2, 0.25) is 0 Å². The second kappa shape index (κ2) is 3.35. The predicted molar refractivity (Wildman–Crippen MR) is 48.7 cm³/mol. The molecule has 0 atom stereocenters. The van der Waals surface area contributed by atoms with Crippen LogP contribution in [0.5, 0.6) is 0 Å². The lowest BCUT2D eigenvalue weighted by molar-refractivity contribution is 0.111. The van der Waals surface area contributed by atoms with Gasteiger partial charge in [0.25, 0.3) is 0 Å². The number of thiazole rings is 1. The first-order valence-electron chi connectivity index (χ1n) is 4.31. The molecule has 2 rings (SSSR count). The number of carbonyl (C=O) groups is 1. The Morgan fingerprint density at radius 2 is 2.25 bits per heavy atom. The summed E-state index contributed by atoms with van der Waals surface area (Å²) >= 11 is 1.63. The maximum Gasteiger partial charge on any atom is 0.169 e. The summed E-state index contributed by atoms with van der Waals surface area (Å²) in [6.07, 6.45) is 5.98. The number of aldehydes is 1. The van der Waals surface area contributed by atoms with Crippen LogP contribution in [0.3, 0.4) is 0 Å². The van der Waals surface area contributed by atoms with E-state index in [4.69, 9.17) is 0 Å². The van der Waals surface area contributed by atoms with Crippen molar-refractivity contribution < 1.29 is 4.79 Å². The van der Waals surface area contributed by atoms with E-state index in [-0.39, 0.29) is 0 Å². The Kier molecular flexibility index (Phi) is 2.21. The molecule has 0 bridgehead atoms. The molecule has 3 heteroatoms. The molecule has 1 aliphatic carbocycles. The largest absolute Gasteiger partial charge is 0.296 e. The highest BCUT2D eigenvalue weighted by atomic mass is 32.1. The number of aromatic nitrogens is 1. The molecule has 12 heavy (non-hydrogen) atoms. The highest BCUT2D eigenvalue weighted by Gasteiger charge is 2.19. The zero-order chi connectivity index (χ0) is 8.39. The lowest BCUT2D eigenvalue weighted by atomic mass is 10.1. The first-order valence-corrected chi connectivity index (χ1v) is 5.18. The summed E-state index contributed by atoms with van der Waals surface area (Å²) < 4.78 is 0. The van der Waals surface area contributed by atoms with Crippen molar-refractivity contribution in [3.8, 4) is 0 Å². The second-order valence-electron chi connectivity index (χ2n) is 3.21. The fourth-order valence-corrected chi connectivity index (χ4v) is 2.65. The molecule has 1 aromatic rings. The van der Waals surface area contributed by atoms with E-state index in [1.807, 2.05) is 5.38 Å². The molecule has 0 amide bonds. The van der Waals surface area contributed by atoms with Crippen LogP contribution in [-0.2, 0) is 0 Å². The minimum Gasteiger partial charge on any atom is -0.296 e. The van der Waals surface area contributed by atoms with Crippen LogP contribution in [0.1, 0.15) is 47.1 Å². The minimum absolute atomic E-state index is 0.599. The van der Waals surface area contributed by atoms with E-state index < -0.39 is 0 Å². The number of hydrogen-bond acceptors (Lipinski definition) is 3. The highest BCUT2D eigenvalue weighted by molar-refractivity contribution is 7.09. The van der Waals surface area contributed by atoms with E-state index >= 15 is 0 Å². The lowest BCUT2D eigenvalue weighted by Crippen LogP contribution is -1.91. The van der Waals surface area contributed by atoms with Gasteiger partial charge < -0.3 is 0 Å². The quantitative estimate of drug-likeness (QED) is 0.656. The second-order valence-corrected chi connectivity index (χ2v) is 4.10. The monoisotopic (exact) mass is 181 g/mol. The Hall–Kier alpha value is -0.700. The number of hydrogen-bond donors (Lipinski definition) is 0. The molecule has 0 aliphatic heterocycles. The van der Waals surface area contributed by atoms with Gasteiger partial charge in [0.15, 0.2) is 6.29 Å². The molecule has 0 unspecified atom stereocenters. The molecule has 0 radical (unpaired) electrons. The molecule has 0 spiro atoms. The Labute approximate surface area is 75.6 Å². The van der Waals surface area contributed by atoms with Gasteiger partial charge in [0.1, 0.15) is 5.69 Å². The highest BCUT2D eigenvalue weighted by Crippen LogP contribution is 2.35. The van der Waals surface area contributed by atoms with Gasteiger partial charge in [-0.15, -0.1) is 11.3 Å². The standard InChI is InChI=1S/C9H11NOS/c11-5-8-6-12-9(10-8)7-3-1-2-4-7/h5-7H,1-4H2. The van der Waals surface area contributed by atoms with E-state index in [1.54, 1.807) is 11.3 Å². The van der Waals surface area contributed by atoms with Crippen molar-refractivity contribution in [3.05, 3.63) is 16.1 Å². The predicted octanol–water partition coefficient (Wildman–Crippen LogP) is 2.61. The average molecular weight is 181 g/mol. The summed E-state index contributed by atoms with van der Waals surface area (Å²) in [4.78, 5) is 14.6. The minimum atomic E-state index is 0.599. The van der Waals surface area contributed by atoms with E-state index in [0.29, 0.717) is 11.6 Å². The summed E-state index contributed by atoms with van der Waals surface area (Å²) in [7, 11) is 0. The van der Waals surface area contributed by atoms with E-state index in [9.17, 15) is 4.79 Å². The maximum atomic E-state index is 10.4. The Morgan fingerprint density at radius 3 is 2.83 bits per heavy atom. The molecule has 0 saturated heterocycles. The van der Waals surface area contributed by atoms with Gasteiger partial charge >= 0.3 is 0 Å². The lowest BCUT2D eigenvalue weighted by Gasteiger charge is -2.01. The summed E-state index contributed by atoms with van der Waals surface area (Å²) in [6, 6.07) is 0. The van der Waals surface area contributed by atoms with Gasteiger partial charge in [0, 0.05) is 11.3 Å². The van der Waals surface area contributed by atoms with Crippen LogP contribution in [0.25, 0.3) is 0 Å². The van der Waals surface area contributed by atoms with Gasteiger partial charge in [-0.25, -0.2) is 4.98 Å². The SMILES string of the molecule is O=Cc1csc(C2CCCC2)n1. The summed E-state index contributed by atoms with van der Waals surface area (Å²) in [5.41, 5.74) is 0.599. The Morgan fingerprint density at radius 1 is 1.50 bits per heavy atom. The zero-order valence-electron chi connectivity index (χ0n) is 6.82. The molecular formula is C9H11NOS. The fourth-order valence-electron chi connectivity index (χ4n) is 1.72. The number of rotatable bonds is 2. The third kappa shape index (κ3) is 1.41. The van der Waals surface area contributed by atoms with E-state index in [1.165, 1.54) is 25.7 Å². The molecule has 1 aromatic heterocycles. The summed E-state index contributed by atoms with van der Waals surface area (Å²) in [6.45, 7) is 0. The van der Waals surface area contributed by atoms with Gasteiger partial charge in [0.2, 0.25) is 0 Å². The topological polar surface area (TPSA) is 30.0 Å². The van der Waals surface area contributed by atoms with Crippen LogP contribution in [0, 0.1) is 0 Å². The van der Waals surface area contributed by atoms with Gasteiger partial charge in [-0.2, -0.15) is 0 Å². The average Bonchev–Trinajstić information content (AvgIpc) is 2.75. The first-order chi connectivity index (χ1) is 5.90. The third-order valence-electron chi connectivity index (χ3n) is 2.36. The van der Waals surface area contributed by atoms with Crippen molar-refractivity contribution in [3.63, 3.8) is 0 Å². The number of nitrogens with zero attached hydrogens (tertiary/aromatic N) is 1. The fraction of sp³-hybridized carbons (Fsp3) is 0.556. The molecule has 1 aliphatic rings. The molecule has 2 nitrogen and oxygen atoms in total. The van der Waals surface area contributed by atoms with Crippen molar-refractivity contribution >= 4 is 17.6 Å². The zero-order valence-corrected chi connectivity index (χ0v) is 7.64. The number of carbonyl (C=O) groups excluding carboxylic acids is 1. The first kappa shape index (κ1) is 7.92. The van der Waals surface area contributed by atoms with E-state index in [2.05, 4.69) is 4.98 Å². The molecule has 0 N–H and O–H groups in total. The molecule has 1 heterocycles. The van der Waals surface area contributed by atoms with Gasteiger partial charge in [-0.3, -0.25) is 4.79 Å². The molecule has 1 fully saturated rings. The van der Waals surface area contributed by atoms with Crippen LogP contribution >= 0.6 is 11.3 Å². The van der Waals surface area contributed by atoms with Crippen molar-refractivity contribution in [2.75, 3.05) is 0 Å². The van der Waals surface area contributed by atoms with Crippen LogP contribution in [-0.4, -0.2) is 11.3 Å². The van der Waals surface area contributed by atoms with Gasteiger partial charge in [-0.05, 0) is 12.8 Å². The normalized spacial score (nSPS) is 18.3. The van der Waals surface area contributed by atoms with Crippen LogP contribution < -0.4 is 0 Å². The van der Waals surface area contributed by atoms with Crippen molar-refractivity contribution in [1.82, 2.24) is 4.98 Å². The molecular weight excluding hydrogens is 170 g/mol. The molecule has 1 saturated carbocycles. The van der Waals surface area contributed by atoms with Crippen molar-refractivity contribution in [2.24, 2.45) is 0 Å². The molecule has 0 aromatic carbocycles. The smallest absolute Gasteiger partial charge is 0.169 e. The Balaban J connectivity index is 2.16. The molecule has 64 valence electrons. The summed E-state index contributed by atoms with van der Waals surface area (Å²) in [5.74, 6) is 0.642. The van der Waals surface area contributed by atoms with Crippen molar-refractivity contribution in [1.29, 1.82) is 0 Å². The third-order valence-corrected chi connectivity index (χ3v) is 3.39. The van der Waals surface area contributed by atoms with E-state index in [0.717, 1.165) is 11.3 Å². The van der Waals surface area contributed by atoms with Crippen LogP contribution in [0.15, 0.2) is 5.38 Å². The van der Waals surface area contributed by atoms with Crippen LogP contribution in [0.4, 0.5) is 0 Å². The van der Waals surface area contributed by atoms with Crippen molar-refractivity contribution in [2.45, 2.75) is 31.6 Å². The Bertz CT molecular complexity index is 276. The maximum absolute atomic E-state index is 10.4. The summed E-state index contributed by atoms with van der Waals surface area (Å²) in [5, 5.41) is 3.01.